The summed E-state index contributed by atoms with van der Waals surface area (Å²) in [5.41, 5.74) is 4.22. The molecule has 0 radical (unpaired) electrons. The smallest absolute Gasteiger partial charge is 0.161 e. The summed E-state index contributed by atoms with van der Waals surface area (Å²) in [5.74, 6) is -5.47. The zero-order chi connectivity index (χ0) is 26.1. The summed E-state index contributed by atoms with van der Waals surface area (Å²) < 4.78 is 12.0. The second-order valence-electron chi connectivity index (χ2n) is 11.9. The Morgan fingerprint density at radius 1 is 1.00 bits per heavy atom. The highest BCUT2D eigenvalue weighted by Crippen LogP contribution is 2.54. The fourth-order valence-electron chi connectivity index (χ4n) is 7.90. The molecule has 0 spiro atoms. The first-order valence-electron chi connectivity index (χ1n) is 13.4. The number of ether oxygens (including phenoxy) is 2. The molecular weight excluding hydrogens is 470 g/mol. The number of hydrogen-bond donors (Lipinski definition) is 5. The summed E-state index contributed by atoms with van der Waals surface area (Å²) in [6, 6.07) is -0.614. The first kappa shape index (κ1) is 26.3. The number of fused-ring (bicyclic) bond motifs is 3. The summed E-state index contributed by atoms with van der Waals surface area (Å²) in [5, 5.41) is 44.5. The van der Waals surface area contributed by atoms with Crippen LogP contribution in [-0.2, 0) is 23.9 Å². The van der Waals surface area contributed by atoms with E-state index in [-0.39, 0.29) is 30.8 Å². The molecule has 14 atom stereocenters. The lowest BCUT2D eigenvalue weighted by molar-refractivity contribution is -0.279. The van der Waals surface area contributed by atoms with Gasteiger partial charge in [-0.3, -0.25) is 14.4 Å². The van der Waals surface area contributed by atoms with E-state index < -0.39 is 89.7 Å². The molecule has 0 bridgehead atoms. The van der Waals surface area contributed by atoms with Crippen LogP contribution in [-0.4, -0.2) is 86.2 Å². The third kappa shape index (κ3) is 4.09. The molecule has 1 aliphatic heterocycles. The second-order valence-corrected chi connectivity index (χ2v) is 11.9. The quantitative estimate of drug-likeness (QED) is 0.332. The molecule has 6 N–H and O–H groups in total. The van der Waals surface area contributed by atoms with Gasteiger partial charge in [-0.15, -0.1) is 0 Å². The van der Waals surface area contributed by atoms with Crippen LogP contribution in [0.15, 0.2) is 0 Å². The zero-order valence-electron chi connectivity index (χ0n) is 20.9. The third-order valence-electron chi connectivity index (χ3n) is 9.88. The van der Waals surface area contributed by atoms with Gasteiger partial charge in [-0.1, -0.05) is 12.8 Å². The van der Waals surface area contributed by atoms with Gasteiger partial charge < -0.3 is 35.6 Å². The van der Waals surface area contributed by atoms with Gasteiger partial charge in [-0.25, -0.2) is 0 Å². The number of rotatable bonds is 3. The number of aliphatic hydroxyl groups is 4. The number of ketones is 3. The van der Waals surface area contributed by atoms with Crippen LogP contribution in [0.2, 0.25) is 0 Å². The van der Waals surface area contributed by atoms with Crippen LogP contribution in [0, 0.1) is 35.5 Å². The summed E-state index contributed by atoms with van der Waals surface area (Å²) >= 11 is 0. The van der Waals surface area contributed by atoms with E-state index in [9.17, 15) is 34.8 Å². The molecular formula is C26H39NO9. The molecule has 5 aliphatic rings. The van der Waals surface area contributed by atoms with Crippen molar-refractivity contribution in [2.75, 3.05) is 0 Å². The Morgan fingerprint density at radius 3 is 2.14 bits per heavy atom. The van der Waals surface area contributed by atoms with E-state index in [0.717, 1.165) is 12.8 Å². The van der Waals surface area contributed by atoms with Gasteiger partial charge in [0, 0.05) is 36.6 Å². The number of nitrogens with two attached hydrogens (primary N) is 1. The molecule has 0 aromatic heterocycles. The maximum atomic E-state index is 13.6. The molecule has 1 heterocycles. The highest BCUT2D eigenvalue weighted by molar-refractivity contribution is 6.00. The average Bonchev–Trinajstić information content (AvgIpc) is 2.82. The summed E-state index contributed by atoms with van der Waals surface area (Å²) in [6.45, 7) is 2.92. The average molecular weight is 510 g/mol. The lowest BCUT2D eigenvalue weighted by Crippen LogP contribution is -2.68. The Morgan fingerprint density at radius 2 is 1.58 bits per heavy atom. The Hall–Kier alpha value is -1.27. The van der Waals surface area contributed by atoms with E-state index in [1.54, 1.807) is 6.92 Å². The summed E-state index contributed by atoms with van der Waals surface area (Å²) in [6.07, 6.45) is -3.09. The van der Waals surface area contributed by atoms with Crippen molar-refractivity contribution in [3.63, 3.8) is 0 Å². The maximum Gasteiger partial charge on any atom is 0.161 e. The molecule has 1 saturated heterocycles. The number of aliphatic hydroxyl groups excluding tert-OH is 3. The summed E-state index contributed by atoms with van der Waals surface area (Å²) in [7, 11) is 0. The molecule has 36 heavy (non-hydrogen) atoms. The van der Waals surface area contributed by atoms with Crippen LogP contribution in [0.3, 0.4) is 0 Å². The van der Waals surface area contributed by atoms with Crippen LogP contribution < -0.4 is 5.73 Å². The van der Waals surface area contributed by atoms with E-state index in [4.69, 9.17) is 15.2 Å². The minimum atomic E-state index is -1.82. The van der Waals surface area contributed by atoms with Gasteiger partial charge >= 0.3 is 0 Å². The maximum absolute atomic E-state index is 13.6. The van der Waals surface area contributed by atoms with Gasteiger partial charge in [0.05, 0.1) is 42.4 Å². The van der Waals surface area contributed by atoms with Crippen LogP contribution in [0.25, 0.3) is 0 Å². The van der Waals surface area contributed by atoms with Crippen molar-refractivity contribution < 1.29 is 44.3 Å². The Labute approximate surface area is 210 Å². The van der Waals surface area contributed by atoms with Crippen molar-refractivity contribution in [1.29, 1.82) is 0 Å². The largest absolute Gasteiger partial charge is 0.392 e. The predicted molar refractivity (Wildman–Crippen MR) is 124 cm³/mol. The minimum absolute atomic E-state index is 0.135. The van der Waals surface area contributed by atoms with E-state index >= 15 is 0 Å². The van der Waals surface area contributed by atoms with E-state index in [2.05, 4.69) is 0 Å². The van der Waals surface area contributed by atoms with E-state index in [1.165, 1.54) is 6.92 Å². The molecule has 5 fully saturated rings. The van der Waals surface area contributed by atoms with Crippen LogP contribution >= 0.6 is 0 Å². The van der Waals surface area contributed by atoms with E-state index in [1.807, 2.05) is 0 Å². The van der Waals surface area contributed by atoms with Gasteiger partial charge in [0.2, 0.25) is 0 Å². The number of hydrogen-bond acceptors (Lipinski definition) is 10. The highest BCUT2D eigenvalue weighted by atomic mass is 16.7. The fourth-order valence-corrected chi connectivity index (χ4v) is 7.90. The van der Waals surface area contributed by atoms with Gasteiger partial charge in [0.25, 0.3) is 0 Å². The van der Waals surface area contributed by atoms with E-state index in [0.29, 0.717) is 12.8 Å². The van der Waals surface area contributed by atoms with Crippen LogP contribution in [0.5, 0.6) is 0 Å². The molecule has 12 unspecified atom stereocenters. The molecule has 0 amide bonds. The number of carbonyl (C=O) groups excluding carboxylic acids is 3. The summed E-state index contributed by atoms with van der Waals surface area (Å²) in [4.78, 5) is 39.6. The standard InChI is InChI=1S/C26H39NO9/c1-10-21(29)15(27)7-17(35-10)36-16-9-26(34,11(2)28)8-14-18(16)25(33)20-19(24(14)32)22(30)12-5-3-4-6-13(12)23(20)31/h10,12-21,24-25,29,32-34H,3-9,27H2,1-2H3/t10?,12?,13?,14?,15?,16-,17?,18?,19?,20?,21?,24?,25?,26-/m0/s1. The number of Topliss-reactive ketones (excluding diaryl/α,β-unsaturated/α-hetero) is 3. The van der Waals surface area contributed by atoms with Crippen molar-refractivity contribution in [2.45, 2.75) is 107 Å². The SMILES string of the molecule is CC(=O)[C@]1(O)CC2C(O)C3C(=O)C4CCCCC4C(=O)C3C(O)C2[C@@H](OC2CC(N)C(O)C(C)O2)C1. The Kier molecular flexibility index (Phi) is 6.94. The van der Waals surface area contributed by atoms with Gasteiger partial charge in [0.15, 0.2) is 12.1 Å². The first-order valence-corrected chi connectivity index (χ1v) is 13.4. The number of carbonyl (C=O) groups is 3. The molecule has 0 aromatic carbocycles. The van der Waals surface area contributed by atoms with Crippen molar-refractivity contribution in [3.8, 4) is 0 Å². The van der Waals surface area contributed by atoms with Crippen molar-refractivity contribution in [3.05, 3.63) is 0 Å². The normalized spacial score (nSPS) is 53.2. The molecule has 4 saturated carbocycles. The molecule has 10 heteroatoms. The first-order chi connectivity index (χ1) is 16.9. The van der Waals surface area contributed by atoms with Gasteiger partial charge in [0.1, 0.15) is 17.2 Å². The topological polar surface area (TPSA) is 177 Å². The fraction of sp³-hybridized carbons (Fsp3) is 0.885. The van der Waals surface area contributed by atoms with Gasteiger partial charge in [-0.05, 0) is 39.0 Å². The Bertz CT molecular complexity index is 900. The van der Waals surface area contributed by atoms with Crippen molar-refractivity contribution in [1.82, 2.24) is 0 Å². The molecule has 202 valence electrons. The highest BCUT2D eigenvalue weighted by Gasteiger charge is 2.65. The second kappa shape index (κ2) is 9.48. The van der Waals surface area contributed by atoms with Crippen molar-refractivity contribution in [2.24, 2.45) is 41.2 Å². The lowest BCUT2D eigenvalue weighted by atomic mass is 9.50. The van der Waals surface area contributed by atoms with Crippen LogP contribution in [0.1, 0.15) is 58.8 Å². The lowest BCUT2D eigenvalue weighted by Gasteiger charge is -2.57. The molecule has 5 rings (SSSR count). The minimum Gasteiger partial charge on any atom is -0.392 e. The van der Waals surface area contributed by atoms with Crippen molar-refractivity contribution >= 4 is 17.3 Å². The molecule has 0 aromatic rings. The predicted octanol–water partition coefficient (Wildman–Crippen LogP) is -0.533. The third-order valence-corrected chi connectivity index (χ3v) is 9.88. The zero-order valence-corrected chi connectivity index (χ0v) is 20.9. The van der Waals surface area contributed by atoms with Gasteiger partial charge in [-0.2, -0.15) is 0 Å². The molecule has 4 aliphatic carbocycles. The van der Waals surface area contributed by atoms with Crippen LogP contribution in [0.4, 0.5) is 0 Å². The molecule has 10 nitrogen and oxygen atoms in total. The Balaban J connectivity index is 1.48. The monoisotopic (exact) mass is 509 g/mol.